The molecule has 0 aliphatic carbocycles. The van der Waals surface area contributed by atoms with E-state index in [1.165, 1.54) is 16.7 Å². The zero-order valence-corrected chi connectivity index (χ0v) is 10.9. The molecule has 96 valence electrons. The molecule has 2 aromatic rings. The molecule has 2 N–H and O–H groups in total. The number of aromatic nitrogens is 2. The van der Waals surface area contributed by atoms with Crippen LogP contribution in [0.25, 0.3) is 0 Å². The Bertz CT molecular complexity index is 499. The lowest BCUT2D eigenvalue weighted by Gasteiger charge is -2.01. The van der Waals surface area contributed by atoms with Crippen LogP contribution in [0.2, 0.25) is 0 Å². The van der Waals surface area contributed by atoms with E-state index in [1.807, 2.05) is 0 Å². The van der Waals surface area contributed by atoms with Gasteiger partial charge in [-0.15, -0.1) is 0 Å². The fourth-order valence-electron chi connectivity index (χ4n) is 2.07. The molecule has 0 bridgehead atoms. The first kappa shape index (κ1) is 12.8. The van der Waals surface area contributed by atoms with Crippen molar-refractivity contribution in [1.29, 1.82) is 0 Å². The summed E-state index contributed by atoms with van der Waals surface area (Å²) in [6, 6.07) is 6.47. The Morgan fingerprint density at radius 1 is 1.17 bits per heavy atom. The standard InChI is InChI=1S/C14H19N3O/c1-10-6-11(2)8-12(7-10)9-13-16-14(18-17-13)4-3-5-15/h6-8H,3-5,9,15H2,1-2H3. The molecule has 0 radical (unpaired) electrons. The molecular formula is C14H19N3O. The lowest BCUT2D eigenvalue weighted by Crippen LogP contribution is -2.00. The van der Waals surface area contributed by atoms with Crippen molar-refractivity contribution in [3.63, 3.8) is 0 Å². The molecule has 0 aliphatic rings. The summed E-state index contributed by atoms with van der Waals surface area (Å²) >= 11 is 0. The zero-order chi connectivity index (χ0) is 13.0. The average molecular weight is 245 g/mol. The molecule has 4 heteroatoms. The molecule has 0 atom stereocenters. The molecular weight excluding hydrogens is 226 g/mol. The molecule has 18 heavy (non-hydrogen) atoms. The summed E-state index contributed by atoms with van der Waals surface area (Å²) in [7, 11) is 0. The van der Waals surface area contributed by atoms with Gasteiger partial charge in [0.15, 0.2) is 5.82 Å². The van der Waals surface area contributed by atoms with Gasteiger partial charge in [-0.2, -0.15) is 4.98 Å². The largest absolute Gasteiger partial charge is 0.339 e. The minimum absolute atomic E-state index is 0.648. The number of benzene rings is 1. The van der Waals surface area contributed by atoms with Crippen LogP contribution in [0.3, 0.4) is 0 Å². The first-order valence-electron chi connectivity index (χ1n) is 6.26. The molecule has 2 rings (SSSR count). The summed E-state index contributed by atoms with van der Waals surface area (Å²) in [5.74, 6) is 1.42. The highest BCUT2D eigenvalue weighted by Crippen LogP contribution is 2.12. The van der Waals surface area contributed by atoms with E-state index < -0.39 is 0 Å². The van der Waals surface area contributed by atoms with Crippen LogP contribution in [0.4, 0.5) is 0 Å². The number of hydrogen-bond donors (Lipinski definition) is 1. The third-order valence-corrected chi connectivity index (χ3v) is 2.75. The van der Waals surface area contributed by atoms with Crippen molar-refractivity contribution < 1.29 is 4.52 Å². The van der Waals surface area contributed by atoms with Crippen LogP contribution >= 0.6 is 0 Å². The van der Waals surface area contributed by atoms with Crippen LogP contribution in [0.15, 0.2) is 22.7 Å². The fraction of sp³-hybridized carbons (Fsp3) is 0.429. The summed E-state index contributed by atoms with van der Waals surface area (Å²) < 4.78 is 5.18. The maximum atomic E-state index is 5.45. The Hall–Kier alpha value is -1.68. The second-order valence-electron chi connectivity index (χ2n) is 4.67. The highest BCUT2D eigenvalue weighted by Gasteiger charge is 2.07. The minimum atomic E-state index is 0.648. The van der Waals surface area contributed by atoms with E-state index in [9.17, 15) is 0 Å². The highest BCUT2D eigenvalue weighted by atomic mass is 16.5. The molecule has 0 fully saturated rings. The van der Waals surface area contributed by atoms with Crippen LogP contribution in [-0.2, 0) is 12.8 Å². The van der Waals surface area contributed by atoms with Gasteiger partial charge < -0.3 is 10.3 Å². The lowest BCUT2D eigenvalue weighted by molar-refractivity contribution is 0.371. The Morgan fingerprint density at radius 2 is 1.89 bits per heavy atom. The normalized spacial score (nSPS) is 10.8. The third kappa shape index (κ3) is 3.40. The van der Waals surface area contributed by atoms with Gasteiger partial charge in [0.25, 0.3) is 0 Å². The number of rotatable bonds is 5. The summed E-state index contributed by atoms with van der Waals surface area (Å²) in [5, 5.41) is 4.00. The number of nitrogens with two attached hydrogens (primary N) is 1. The van der Waals surface area contributed by atoms with Gasteiger partial charge in [0, 0.05) is 12.8 Å². The van der Waals surface area contributed by atoms with E-state index >= 15 is 0 Å². The molecule has 1 aromatic carbocycles. The highest BCUT2D eigenvalue weighted by molar-refractivity contribution is 5.30. The summed E-state index contributed by atoms with van der Waals surface area (Å²) in [4.78, 5) is 4.37. The van der Waals surface area contributed by atoms with Crippen molar-refractivity contribution in [1.82, 2.24) is 10.1 Å². The molecule has 4 nitrogen and oxygen atoms in total. The maximum Gasteiger partial charge on any atom is 0.226 e. The van der Waals surface area contributed by atoms with Gasteiger partial charge in [-0.05, 0) is 32.4 Å². The van der Waals surface area contributed by atoms with Crippen molar-refractivity contribution in [2.75, 3.05) is 6.54 Å². The monoisotopic (exact) mass is 245 g/mol. The predicted molar refractivity (Wildman–Crippen MR) is 70.4 cm³/mol. The van der Waals surface area contributed by atoms with Crippen molar-refractivity contribution in [2.45, 2.75) is 33.1 Å². The molecule has 1 heterocycles. The smallest absolute Gasteiger partial charge is 0.226 e. The Labute approximate surface area is 107 Å². The molecule has 0 unspecified atom stereocenters. The molecule has 0 amide bonds. The maximum absolute atomic E-state index is 5.45. The van der Waals surface area contributed by atoms with E-state index in [0.29, 0.717) is 18.9 Å². The first-order chi connectivity index (χ1) is 8.67. The fourth-order valence-corrected chi connectivity index (χ4v) is 2.07. The Kier molecular flexibility index (Phi) is 4.10. The SMILES string of the molecule is Cc1cc(C)cc(Cc2noc(CCCN)n2)c1. The van der Waals surface area contributed by atoms with Crippen LogP contribution in [0, 0.1) is 13.8 Å². The first-order valence-corrected chi connectivity index (χ1v) is 6.26. The van der Waals surface area contributed by atoms with Crippen molar-refractivity contribution in [3.05, 3.63) is 46.6 Å². The lowest BCUT2D eigenvalue weighted by atomic mass is 10.1. The Balaban J connectivity index is 2.06. The van der Waals surface area contributed by atoms with Gasteiger partial charge in [0.2, 0.25) is 5.89 Å². The van der Waals surface area contributed by atoms with Crippen LogP contribution < -0.4 is 5.73 Å². The zero-order valence-electron chi connectivity index (χ0n) is 10.9. The second-order valence-corrected chi connectivity index (χ2v) is 4.67. The van der Waals surface area contributed by atoms with Crippen LogP contribution in [0.5, 0.6) is 0 Å². The van der Waals surface area contributed by atoms with E-state index in [2.05, 4.69) is 42.2 Å². The quantitative estimate of drug-likeness (QED) is 0.876. The van der Waals surface area contributed by atoms with Gasteiger partial charge in [-0.1, -0.05) is 34.5 Å². The third-order valence-electron chi connectivity index (χ3n) is 2.75. The molecule has 0 saturated carbocycles. The summed E-state index contributed by atoms with van der Waals surface area (Å²) in [6.07, 6.45) is 2.36. The van der Waals surface area contributed by atoms with Crippen LogP contribution in [0.1, 0.15) is 34.8 Å². The molecule has 0 saturated heterocycles. The van der Waals surface area contributed by atoms with Crippen LogP contribution in [-0.4, -0.2) is 16.7 Å². The number of aryl methyl sites for hydroxylation is 3. The second kappa shape index (κ2) is 5.78. The van der Waals surface area contributed by atoms with Crippen molar-refractivity contribution in [2.24, 2.45) is 5.73 Å². The average Bonchev–Trinajstić information content (AvgIpc) is 2.72. The van der Waals surface area contributed by atoms with E-state index in [4.69, 9.17) is 10.3 Å². The Morgan fingerprint density at radius 3 is 2.56 bits per heavy atom. The van der Waals surface area contributed by atoms with Gasteiger partial charge >= 0.3 is 0 Å². The van der Waals surface area contributed by atoms with E-state index in [-0.39, 0.29) is 0 Å². The van der Waals surface area contributed by atoms with Gasteiger partial charge in [-0.25, -0.2) is 0 Å². The van der Waals surface area contributed by atoms with Crippen molar-refractivity contribution >= 4 is 0 Å². The number of hydrogen-bond acceptors (Lipinski definition) is 4. The number of nitrogens with zero attached hydrogens (tertiary/aromatic N) is 2. The van der Waals surface area contributed by atoms with E-state index in [0.717, 1.165) is 18.7 Å². The molecule has 0 spiro atoms. The van der Waals surface area contributed by atoms with E-state index in [1.54, 1.807) is 0 Å². The van der Waals surface area contributed by atoms with Crippen molar-refractivity contribution in [3.8, 4) is 0 Å². The summed E-state index contributed by atoms with van der Waals surface area (Å²) in [5.41, 5.74) is 9.19. The van der Waals surface area contributed by atoms with Gasteiger partial charge in [0.05, 0.1) is 0 Å². The summed E-state index contributed by atoms with van der Waals surface area (Å²) in [6.45, 7) is 4.84. The predicted octanol–water partition coefficient (Wildman–Crippen LogP) is 2.17. The van der Waals surface area contributed by atoms with Gasteiger partial charge in [0.1, 0.15) is 0 Å². The minimum Gasteiger partial charge on any atom is -0.339 e. The molecule has 0 aliphatic heterocycles. The van der Waals surface area contributed by atoms with Gasteiger partial charge in [-0.3, -0.25) is 0 Å². The molecule has 1 aromatic heterocycles. The topological polar surface area (TPSA) is 64.9 Å².